The molecular weight excluding hydrogens is 284 g/mol. The Morgan fingerprint density at radius 3 is 2.76 bits per heavy atom. The lowest BCUT2D eigenvalue weighted by atomic mass is 9.98. The van der Waals surface area contributed by atoms with Crippen LogP contribution in [0, 0.1) is 25.7 Å². The minimum atomic E-state index is 0. The van der Waals surface area contributed by atoms with E-state index in [1.165, 1.54) is 17.5 Å². The average Bonchev–Trinajstić information content (AvgIpc) is 2.97. The molecule has 1 aliphatic carbocycles. The molecule has 2 fully saturated rings. The Morgan fingerprint density at radius 1 is 1.29 bits per heavy atom. The third-order valence-electron chi connectivity index (χ3n) is 5.11. The number of carbonyl (C=O) groups is 1. The van der Waals surface area contributed by atoms with Gasteiger partial charge in [0.2, 0.25) is 5.91 Å². The summed E-state index contributed by atoms with van der Waals surface area (Å²) in [6.45, 7) is 5.95. The highest BCUT2D eigenvalue weighted by Crippen LogP contribution is 2.37. The monoisotopic (exact) mass is 308 g/mol. The Bertz CT molecular complexity index is 532. The zero-order valence-corrected chi connectivity index (χ0v) is 13.7. The first-order chi connectivity index (χ1) is 9.54. The maximum atomic E-state index is 12.5. The third kappa shape index (κ3) is 3.24. The summed E-state index contributed by atoms with van der Waals surface area (Å²) in [5.74, 6) is 1.45. The molecule has 3 rings (SSSR count). The SMILES string of the molecule is Cc1ccc(C)c(CC(=O)N2CC3CCC(N)C3C2)c1.Cl. The number of likely N-dealkylation sites (tertiary alicyclic amines) is 1. The molecule has 2 N–H and O–H groups in total. The first-order valence-corrected chi connectivity index (χ1v) is 7.64. The van der Waals surface area contributed by atoms with Crippen molar-refractivity contribution in [2.24, 2.45) is 17.6 Å². The van der Waals surface area contributed by atoms with Gasteiger partial charge in [-0.3, -0.25) is 4.79 Å². The maximum absolute atomic E-state index is 12.5. The predicted molar refractivity (Wildman–Crippen MR) is 87.6 cm³/mol. The van der Waals surface area contributed by atoms with Crippen molar-refractivity contribution in [1.82, 2.24) is 4.90 Å². The van der Waals surface area contributed by atoms with Crippen molar-refractivity contribution in [3.63, 3.8) is 0 Å². The fraction of sp³-hybridized carbons (Fsp3) is 0.588. The van der Waals surface area contributed by atoms with E-state index < -0.39 is 0 Å². The van der Waals surface area contributed by atoms with Crippen LogP contribution in [0.2, 0.25) is 0 Å². The van der Waals surface area contributed by atoms with Crippen molar-refractivity contribution < 1.29 is 4.79 Å². The molecule has 0 aromatic heterocycles. The lowest BCUT2D eigenvalue weighted by Crippen LogP contribution is -2.34. The smallest absolute Gasteiger partial charge is 0.227 e. The molecule has 21 heavy (non-hydrogen) atoms. The maximum Gasteiger partial charge on any atom is 0.227 e. The second-order valence-corrected chi connectivity index (χ2v) is 6.57. The molecule has 1 amide bonds. The second kappa shape index (κ2) is 6.37. The molecule has 4 heteroatoms. The van der Waals surface area contributed by atoms with Gasteiger partial charge in [0.25, 0.3) is 0 Å². The minimum Gasteiger partial charge on any atom is -0.342 e. The summed E-state index contributed by atoms with van der Waals surface area (Å²) in [5.41, 5.74) is 9.73. The van der Waals surface area contributed by atoms with Crippen LogP contribution in [0.25, 0.3) is 0 Å². The molecule has 3 nitrogen and oxygen atoms in total. The molecule has 0 radical (unpaired) electrons. The molecular formula is C17H25ClN2O. The van der Waals surface area contributed by atoms with Crippen molar-refractivity contribution in [3.8, 4) is 0 Å². The highest BCUT2D eigenvalue weighted by atomic mass is 35.5. The van der Waals surface area contributed by atoms with Gasteiger partial charge < -0.3 is 10.6 Å². The van der Waals surface area contributed by atoms with Gasteiger partial charge in [-0.1, -0.05) is 23.8 Å². The molecule has 3 atom stereocenters. The largest absolute Gasteiger partial charge is 0.342 e. The van der Waals surface area contributed by atoms with Crippen LogP contribution in [0.15, 0.2) is 18.2 Å². The summed E-state index contributed by atoms with van der Waals surface area (Å²) < 4.78 is 0. The molecule has 1 saturated carbocycles. The summed E-state index contributed by atoms with van der Waals surface area (Å²) in [6.07, 6.45) is 2.86. The molecule has 3 unspecified atom stereocenters. The van der Waals surface area contributed by atoms with Gasteiger partial charge in [0.05, 0.1) is 6.42 Å². The van der Waals surface area contributed by atoms with Crippen molar-refractivity contribution in [3.05, 3.63) is 34.9 Å². The third-order valence-corrected chi connectivity index (χ3v) is 5.11. The average molecular weight is 309 g/mol. The summed E-state index contributed by atoms with van der Waals surface area (Å²) >= 11 is 0. The Kier molecular flexibility index (Phi) is 4.95. The van der Waals surface area contributed by atoms with E-state index in [2.05, 4.69) is 32.0 Å². The highest BCUT2D eigenvalue weighted by molar-refractivity contribution is 5.85. The second-order valence-electron chi connectivity index (χ2n) is 6.57. The number of rotatable bonds is 2. The number of fused-ring (bicyclic) bond motifs is 1. The number of benzene rings is 1. The van der Waals surface area contributed by atoms with Gasteiger partial charge in [0, 0.05) is 19.1 Å². The molecule has 0 bridgehead atoms. The summed E-state index contributed by atoms with van der Waals surface area (Å²) in [6, 6.07) is 6.64. The van der Waals surface area contributed by atoms with Crippen molar-refractivity contribution in [1.29, 1.82) is 0 Å². The van der Waals surface area contributed by atoms with E-state index in [1.807, 2.05) is 4.90 Å². The number of nitrogens with zero attached hydrogens (tertiary/aromatic N) is 1. The van der Waals surface area contributed by atoms with Crippen LogP contribution in [0.5, 0.6) is 0 Å². The van der Waals surface area contributed by atoms with Gasteiger partial charge in [0.15, 0.2) is 0 Å². The lowest BCUT2D eigenvalue weighted by Gasteiger charge is -2.19. The van der Waals surface area contributed by atoms with Crippen LogP contribution in [-0.4, -0.2) is 29.9 Å². The number of aryl methyl sites for hydroxylation is 2. The number of nitrogens with two attached hydrogens (primary N) is 1. The minimum absolute atomic E-state index is 0. The molecule has 1 heterocycles. The normalized spacial score (nSPS) is 27.4. The van der Waals surface area contributed by atoms with Crippen LogP contribution in [-0.2, 0) is 11.2 Å². The van der Waals surface area contributed by atoms with E-state index in [4.69, 9.17) is 5.73 Å². The summed E-state index contributed by atoms with van der Waals surface area (Å²) in [5, 5.41) is 0. The van der Waals surface area contributed by atoms with Gasteiger partial charge in [-0.25, -0.2) is 0 Å². The zero-order chi connectivity index (χ0) is 14.3. The van der Waals surface area contributed by atoms with Gasteiger partial charge in [0.1, 0.15) is 0 Å². The van der Waals surface area contributed by atoms with Crippen LogP contribution in [0.3, 0.4) is 0 Å². The van der Waals surface area contributed by atoms with Crippen LogP contribution in [0.4, 0.5) is 0 Å². The van der Waals surface area contributed by atoms with Gasteiger partial charge in [-0.15, -0.1) is 12.4 Å². The van der Waals surface area contributed by atoms with Crippen molar-refractivity contribution in [2.75, 3.05) is 13.1 Å². The fourth-order valence-corrected chi connectivity index (χ4v) is 3.78. The van der Waals surface area contributed by atoms with Gasteiger partial charge in [-0.2, -0.15) is 0 Å². The lowest BCUT2D eigenvalue weighted by molar-refractivity contribution is -0.129. The van der Waals surface area contributed by atoms with E-state index in [-0.39, 0.29) is 18.3 Å². The van der Waals surface area contributed by atoms with Gasteiger partial charge in [-0.05, 0) is 49.7 Å². The number of hydrogen-bond acceptors (Lipinski definition) is 2. The Hall–Kier alpha value is -1.06. The van der Waals surface area contributed by atoms with E-state index in [1.54, 1.807) is 0 Å². The predicted octanol–water partition coefficient (Wildman–Crippen LogP) is 2.46. The van der Waals surface area contributed by atoms with Crippen molar-refractivity contribution >= 4 is 18.3 Å². The topological polar surface area (TPSA) is 46.3 Å². The number of hydrogen-bond donors (Lipinski definition) is 1. The fourth-order valence-electron chi connectivity index (χ4n) is 3.78. The van der Waals surface area contributed by atoms with E-state index in [9.17, 15) is 4.79 Å². The van der Waals surface area contributed by atoms with Crippen LogP contribution < -0.4 is 5.73 Å². The Balaban J connectivity index is 0.00000161. The molecule has 1 aromatic carbocycles. The quantitative estimate of drug-likeness (QED) is 0.912. The molecule has 0 spiro atoms. The first-order valence-electron chi connectivity index (χ1n) is 7.64. The first kappa shape index (κ1) is 16.3. The van der Waals surface area contributed by atoms with Crippen LogP contribution in [0.1, 0.15) is 29.5 Å². The summed E-state index contributed by atoms with van der Waals surface area (Å²) in [7, 11) is 0. The number of halogens is 1. The molecule has 1 saturated heterocycles. The Labute approximate surface area is 133 Å². The number of carbonyl (C=O) groups excluding carboxylic acids is 1. The van der Waals surface area contributed by atoms with E-state index >= 15 is 0 Å². The molecule has 1 aromatic rings. The van der Waals surface area contributed by atoms with Crippen molar-refractivity contribution in [2.45, 2.75) is 39.2 Å². The Morgan fingerprint density at radius 2 is 2.05 bits per heavy atom. The van der Waals surface area contributed by atoms with E-state index in [0.29, 0.717) is 24.3 Å². The van der Waals surface area contributed by atoms with E-state index in [0.717, 1.165) is 25.1 Å². The highest BCUT2D eigenvalue weighted by Gasteiger charge is 2.42. The molecule has 116 valence electrons. The molecule has 2 aliphatic rings. The zero-order valence-electron chi connectivity index (χ0n) is 12.8. The molecule has 1 aliphatic heterocycles. The number of amides is 1. The summed E-state index contributed by atoms with van der Waals surface area (Å²) in [4.78, 5) is 14.5. The standard InChI is InChI=1S/C17H24N2O.ClH/c1-11-3-4-12(2)14(7-11)8-17(20)19-9-13-5-6-16(18)15(13)10-19;/h3-4,7,13,15-16H,5-6,8-10,18H2,1-2H3;1H. The van der Waals surface area contributed by atoms with Gasteiger partial charge >= 0.3 is 0 Å². The van der Waals surface area contributed by atoms with Crippen LogP contribution >= 0.6 is 12.4 Å².